The van der Waals surface area contributed by atoms with Crippen LogP contribution in [0.5, 0.6) is 11.5 Å². The van der Waals surface area contributed by atoms with Crippen molar-refractivity contribution in [3.8, 4) is 11.5 Å². The van der Waals surface area contributed by atoms with Gasteiger partial charge in [-0.15, -0.1) is 0 Å². The van der Waals surface area contributed by atoms with E-state index >= 15 is 0 Å². The summed E-state index contributed by atoms with van der Waals surface area (Å²) >= 11 is 12.9. The number of hydrogen-bond donors (Lipinski definition) is 2. The van der Waals surface area contributed by atoms with Gasteiger partial charge in [0.25, 0.3) is 10.0 Å². The lowest BCUT2D eigenvalue weighted by atomic mass is 9.81. The highest BCUT2D eigenvalue weighted by Crippen LogP contribution is 2.53. The van der Waals surface area contributed by atoms with E-state index < -0.39 is 39.5 Å². The average molecular weight is 636 g/mol. The van der Waals surface area contributed by atoms with Gasteiger partial charge < -0.3 is 24.6 Å². The second-order valence-electron chi connectivity index (χ2n) is 10.1. The van der Waals surface area contributed by atoms with Crippen LogP contribution in [0.3, 0.4) is 0 Å². The van der Waals surface area contributed by atoms with Crippen molar-refractivity contribution in [3.63, 3.8) is 0 Å². The van der Waals surface area contributed by atoms with Gasteiger partial charge in [0.2, 0.25) is 5.91 Å². The number of nitrogens with zero attached hydrogens (tertiary/aromatic N) is 2. The van der Waals surface area contributed by atoms with E-state index in [0.29, 0.717) is 5.75 Å². The summed E-state index contributed by atoms with van der Waals surface area (Å²) in [5.74, 6) is -1.86. The molecule has 13 heteroatoms. The van der Waals surface area contributed by atoms with E-state index in [2.05, 4.69) is 0 Å². The molecule has 3 aromatic rings. The fourth-order valence-corrected chi connectivity index (χ4v) is 7.80. The minimum Gasteiger partial charge on any atom is -0.493 e. The summed E-state index contributed by atoms with van der Waals surface area (Å²) < 4.78 is 40.5. The summed E-state index contributed by atoms with van der Waals surface area (Å²) in [7, 11) is -1.78. The first-order valence-electron chi connectivity index (χ1n) is 13.0. The molecule has 2 unspecified atom stereocenters. The first-order valence-corrected chi connectivity index (χ1v) is 15.2. The number of methoxy groups -OCH3 is 2. The molecule has 0 bridgehead atoms. The zero-order chi connectivity index (χ0) is 30.4. The molecule has 1 saturated heterocycles. The quantitative estimate of drug-likeness (QED) is 0.396. The van der Waals surface area contributed by atoms with Gasteiger partial charge in [-0.2, -0.15) is 0 Å². The molecule has 2 atom stereocenters. The third kappa shape index (κ3) is 4.84. The van der Waals surface area contributed by atoms with Crippen LogP contribution in [0, 0.1) is 5.92 Å². The minimum atomic E-state index is -4.56. The van der Waals surface area contributed by atoms with Crippen molar-refractivity contribution in [2.24, 2.45) is 5.92 Å². The van der Waals surface area contributed by atoms with Gasteiger partial charge in [0.1, 0.15) is 5.60 Å². The number of likely N-dealkylation sites (tertiary alicyclic amines) is 1. The third-order valence-electron chi connectivity index (χ3n) is 7.82. The van der Waals surface area contributed by atoms with Crippen molar-refractivity contribution in [1.29, 1.82) is 0 Å². The number of aliphatic carboxylic acids is 1. The molecule has 0 radical (unpaired) electrons. The highest BCUT2D eigenvalue weighted by Gasteiger charge is 2.60. The molecule has 1 amide bonds. The normalized spacial score (nSPS) is 20.7. The molecule has 5 rings (SSSR count). The van der Waals surface area contributed by atoms with Gasteiger partial charge in [-0.25, -0.2) is 12.7 Å². The number of piperidine rings is 1. The van der Waals surface area contributed by atoms with Crippen LogP contribution in [0.1, 0.15) is 24.0 Å². The van der Waals surface area contributed by atoms with Crippen LogP contribution in [0.25, 0.3) is 0 Å². The van der Waals surface area contributed by atoms with Crippen molar-refractivity contribution >= 4 is 50.8 Å². The SMILES string of the molecule is COc1ccc(S(=O)(=O)N2c3ccc(Cl)cc3C(O)(c3ccccc3Cl)C2C(=O)N2CCC(C(=O)O)CC2)cc1OC. The Hall–Kier alpha value is -3.51. The second kappa shape index (κ2) is 11.3. The molecule has 2 N–H and O–H groups in total. The zero-order valence-electron chi connectivity index (χ0n) is 22.7. The highest BCUT2D eigenvalue weighted by molar-refractivity contribution is 7.93. The molecule has 42 heavy (non-hydrogen) atoms. The Morgan fingerprint density at radius 3 is 2.21 bits per heavy atom. The van der Waals surface area contributed by atoms with E-state index in [9.17, 15) is 28.2 Å². The van der Waals surface area contributed by atoms with E-state index in [0.717, 1.165) is 4.31 Å². The molecule has 0 saturated carbocycles. The first-order chi connectivity index (χ1) is 19.9. The lowest BCUT2D eigenvalue weighted by Gasteiger charge is -2.39. The predicted molar refractivity (Wildman–Crippen MR) is 156 cm³/mol. The van der Waals surface area contributed by atoms with Crippen molar-refractivity contribution in [2.45, 2.75) is 29.4 Å². The molecular weight excluding hydrogens is 607 g/mol. The van der Waals surface area contributed by atoms with Crippen LogP contribution in [0.2, 0.25) is 10.0 Å². The zero-order valence-corrected chi connectivity index (χ0v) is 25.0. The van der Waals surface area contributed by atoms with Gasteiger partial charge in [-0.1, -0.05) is 41.4 Å². The average Bonchev–Trinajstić information content (AvgIpc) is 3.25. The smallest absolute Gasteiger partial charge is 0.306 e. The number of carboxylic acid groups (broad SMARTS) is 1. The van der Waals surface area contributed by atoms with Crippen molar-refractivity contribution in [1.82, 2.24) is 4.90 Å². The topological polar surface area (TPSA) is 134 Å². The Morgan fingerprint density at radius 1 is 0.929 bits per heavy atom. The number of carbonyl (C=O) groups is 2. The van der Waals surface area contributed by atoms with Gasteiger partial charge in [-0.05, 0) is 49.2 Å². The molecule has 10 nitrogen and oxygen atoms in total. The molecule has 222 valence electrons. The first kappa shape index (κ1) is 30.0. The third-order valence-corrected chi connectivity index (χ3v) is 10.2. The lowest BCUT2D eigenvalue weighted by Crippen LogP contribution is -2.58. The van der Waals surface area contributed by atoms with E-state index in [1.54, 1.807) is 12.1 Å². The number of amides is 1. The molecule has 0 aliphatic carbocycles. The largest absolute Gasteiger partial charge is 0.493 e. The number of fused-ring (bicyclic) bond motifs is 1. The summed E-state index contributed by atoms with van der Waals surface area (Å²) in [5.41, 5.74) is -2.04. The molecule has 2 aliphatic heterocycles. The summed E-state index contributed by atoms with van der Waals surface area (Å²) in [6.07, 6.45) is 0.360. The van der Waals surface area contributed by atoms with Crippen LogP contribution in [-0.2, 0) is 25.2 Å². The molecule has 2 aliphatic rings. The summed E-state index contributed by atoms with van der Waals surface area (Å²) in [6, 6.07) is 12.9. The van der Waals surface area contributed by atoms with E-state index in [1.807, 2.05) is 0 Å². The summed E-state index contributed by atoms with van der Waals surface area (Å²) in [6.45, 7) is 0.124. The van der Waals surface area contributed by atoms with Crippen LogP contribution < -0.4 is 13.8 Å². The summed E-state index contributed by atoms with van der Waals surface area (Å²) in [4.78, 5) is 27.2. The number of hydrogen-bond acceptors (Lipinski definition) is 7. The lowest BCUT2D eigenvalue weighted by molar-refractivity contribution is -0.147. The molecular formula is C29H28Cl2N2O8S. The Kier molecular flexibility index (Phi) is 8.06. The number of aliphatic hydroxyl groups is 1. The Labute approximate surface area is 253 Å². The summed E-state index contributed by atoms with van der Waals surface area (Å²) in [5, 5.41) is 22.4. The second-order valence-corrected chi connectivity index (χ2v) is 12.7. The maximum atomic E-state index is 14.5. The maximum Gasteiger partial charge on any atom is 0.306 e. The van der Waals surface area contributed by atoms with Crippen LogP contribution >= 0.6 is 23.2 Å². The molecule has 1 fully saturated rings. The fourth-order valence-electron chi connectivity index (χ4n) is 5.68. The van der Waals surface area contributed by atoms with Crippen LogP contribution in [-0.4, -0.2) is 68.8 Å². The van der Waals surface area contributed by atoms with Crippen molar-refractivity contribution in [2.75, 3.05) is 31.6 Å². The molecule has 3 aromatic carbocycles. The Bertz CT molecular complexity index is 1660. The molecule has 0 aromatic heterocycles. The Morgan fingerprint density at radius 2 is 1.60 bits per heavy atom. The van der Waals surface area contributed by atoms with Gasteiger partial charge in [0.15, 0.2) is 17.5 Å². The van der Waals surface area contributed by atoms with E-state index in [4.69, 9.17) is 32.7 Å². The fraction of sp³-hybridized carbons (Fsp3) is 0.310. The standard InChI is InChI=1S/C29H28Cl2N2O8S/c1-40-24-10-8-19(16-25(24)41-2)42(38,39)33-23-9-7-18(30)15-21(23)29(37,20-5-3-4-6-22(20)31)26(33)27(34)32-13-11-17(12-14-32)28(35)36/h3-10,15-17,26,37H,11-14H2,1-2H3,(H,35,36). The van der Waals surface area contributed by atoms with Crippen molar-refractivity contribution < 1.29 is 37.7 Å². The number of benzene rings is 3. The predicted octanol–water partition coefficient (Wildman–Crippen LogP) is 4.15. The van der Waals surface area contributed by atoms with E-state index in [1.165, 1.54) is 67.7 Å². The van der Waals surface area contributed by atoms with Gasteiger partial charge in [-0.3, -0.25) is 9.59 Å². The number of carboxylic acids is 1. The number of anilines is 1. The Balaban J connectivity index is 1.74. The van der Waals surface area contributed by atoms with Crippen LogP contribution in [0.15, 0.2) is 65.6 Å². The number of ether oxygens (including phenoxy) is 2. The highest BCUT2D eigenvalue weighted by atomic mass is 35.5. The molecule has 0 spiro atoms. The number of halogens is 2. The maximum absolute atomic E-state index is 14.5. The van der Waals surface area contributed by atoms with Gasteiger partial charge in [0, 0.05) is 40.3 Å². The number of rotatable bonds is 7. The van der Waals surface area contributed by atoms with Crippen molar-refractivity contribution in [3.05, 3.63) is 81.8 Å². The molecule has 2 heterocycles. The minimum absolute atomic E-state index is 0.0374. The number of carbonyl (C=O) groups excluding carboxylic acids is 1. The van der Waals surface area contributed by atoms with Gasteiger partial charge in [0.05, 0.1) is 30.7 Å². The van der Waals surface area contributed by atoms with Gasteiger partial charge >= 0.3 is 5.97 Å². The monoisotopic (exact) mass is 634 g/mol. The number of sulfonamides is 1. The van der Waals surface area contributed by atoms with Crippen LogP contribution in [0.4, 0.5) is 5.69 Å². The van der Waals surface area contributed by atoms with E-state index in [-0.39, 0.29) is 63.4 Å².